The lowest BCUT2D eigenvalue weighted by Gasteiger charge is -2.10. The van der Waals surface area contributed by atoms with E-state index in [-0.39, 0.29) is 11.9 Å². The smallest absolute Gasteiger partial charge is 0.220 e. The molecule has 0 unspecified atom stereocenters. The predicted octanol–water partition coefficient (Wildman–Crippen LogP) is 2.17. The summed E-state index contributed by atoms with van der Waals surface area (Å²) in [5.74, 6) is 0.108. The first-order chi connectivity index (χ1) is 8.61. The monoisotopic (exact) mass is 248 g/mol. The molecule has 3 N–H and O–H groups in total. The van der Waals surface area contributed by atoms with Gasteiger partial charge in [-0.3, -0.25) is 4.79 Å². The molecule has 1 aromatic carbocycles. The van der Waals surface area contributed by atoms with Crippen molar-refractivity contribution < 1.29 is 4.79 Å². The van der Waals surface area contributed by atoms with Crippen molar-refractivity contribution in [3.63, 3.8) is 0 Å². The second kappa shape index (κ2) is 7.88. The summed E-state index contributed by atoms with van der Waals surface area (Å²) in [5.41, 5.74) is 8.08. The molecule has 18 heavy (non-hydrogen) atoms. The summed E-state index contributed by atoms with van der Waals surface area (Å²) in [4.78, 5) is 11.5. The fraction of sp³-hybridized carbons (Fsp3) is 0.533. The Hall–Kier alpha value is -1.35. The van der Waals surface area contributed by atoms with Crippen LogP contribution in [0.2, 0.25) is 0 Å². The maximum absolute atomic E-state index is 11.5. The van der Waals surface area contributed by atoms with Gasteiger partial charge in [-0.1, -0.05) is 29.8 Å². The van der Waals surface area contributed by atoms with Crippen LogP contribution < -0.4 is 11.1 Å². The number of carbonyl (C=O) groups excluding carboxylic acids is 1. The van der Waals surface area contributed by atoms with Crippen LogP contribution in [0.1, 0.15) is 37.3 Å². The third-order valence-corrected chi connectivity index (χ3v) is 3.00. The van der Waals surface area contributed by atoms with E-state index in [1.807, 2.05) is 6.92 Å². The lowest BCUT2D eigenvalue weighted by molar-refractivity contribution is -0.121. The molecule has 3 nitrogen and oxygen atoms in total. The minimum absolute atomic E-state index is 0.0783. The number of benzene rings is 1. The molecule has 0 heterocycles. The Kier molecular flexibility index (Phi) is 6.44. The number of nitrogens with one attached hydrogen (secondary N) is 1. The quantitative estimate of drug-likeness (QED) is 0.727. The molecular weight excluding hydrogens is 224 g/mol. The number of rotatable bonds is 7. The molecule has 0 bridgehead atoms. The Labute approximate surface area is 110 Å². The zero-order chi connectivity index (χ0) is 13.4. The minimum Gasteiger partial charge on any atom is -0.352 e. The third kappa shape index (κ3) is 5.82. The van der Waals surface area contributed by atoms with Gasteiger partial charge in [-0.05, 0) is 38.7 Å². The molecule has 0 aliphatic rings. The average molecular weight is 248 g/mol. The van der Waals surface area contributed by atoms with Crippen LogP contribution in [-0.4, -0.2) is 18.5 Å². The van der Waals surface area contributed by atoms with Crippen LogP contribution in [0.4, 0.5) is 0 Å². The number of aryl methyl sites for hydroxylation is 2. The zero-order valence-electron chi connectivity index (χ0n) is 11.4. The molecule has 0 aliphatic carbocycles. The Balaban J connectivity index is 2.15. The third-order valence-electron chi connectivity index (χ3n) is 3.00. The van der Waals surface area contributed by atoms with Crippen LogP contribution in [0.15, 0.2) is 24.3 Å². The van der Waals surface area contributed by atoms with Crippen molar-refractivity contribution in [2.75, 3.05) is 6.54 Å². The van der Waals surface area contributed by atoms with E-state index in [2.05, 4.69) is 36.5 Å². The van der Waals surface area contributed by atoms with Gasteiger partial charge in [0.25, 0.3) is 0 Å². The predicted molar refractivity (Wildman–Crippen MR) is 75.4 cm³/mol. The first-order valence-electron chi connectivity index (χ1n) is 6.67. The van der Waals surface area contributed by atoms with E-state index in [1.165, 1.54) is 11.1 Å². The highest BCUT2D eigenvalue weighted by atomic mass is 16.1. The molecule has 0 spiro atoms. The van der Waals surface area contributed by atoms with Crippen molar-refractivity contribution >= 4 is 5.91 Å². The van der Waals surface area contributed by atoms with Crippen LogP contribution in [0.3, 0.4) is 0 Å². The molecule has 1 aromatic rings. The molecule has 0 radical (unpaired) electrons. The van der Waals surface area contributed by atoms with Gasteiger partial charge in [-0.2, -0.15) is 0 Å². The summed E-state index contributed by atoms with van der Waals surface area (Å²) in [5, 5.41) is 2.87. The first kappa shape index (κ1) is 14.7. The Bertz CT molecular complexity index is 359. The van der Waals surface area contributed by atoms with Crippen LogP contribution in [0.5, 0.6) is 0 Å². The van der Waals surface area contributed by atoms with E-state index >= 15 is 0 Å². The molecule has 0 aliphatic heterocycles. The van der Waals surface area contributed by atoms with Crippen LogP contribution in [0.25, 0.3) is 0 Å². The summed E-state index contributed by atoms with van der Waals surface area (Å²) in [6, 6.07) is 8.66. The molecule has 0 aromatic heterocycles. The fourth-order valence-corrected chi connectivity index (χ4v) is 1.78. The van der Waals surface area contributed by atoms with E-state index in [4.69, 9.17) is 5.73 Å². The molecule has 1 atom stereocenters. The van der Waals surface area contributed by atoms with Crippen molar-refractivity contribution in [1.82, 2.24) is 5.32 Å². The number of nitrogens with two attached hydrogens (primary N) is 1. The van der Waals surface area contributed by atoms with Gasteiger partial charge < -0.3 is 11.1 Å². The summed E-state index contributed by atoms with van der Waals surface area (Å²) < 4.78 is 0. The lowest BCUT2D eigenvalue weighted by Crippen LogP contribution is -2.37. The molecule has 0 saturated heterocycles. The van der Waals surface area contributed by atoms with Gasteiger partial charge in [-0.25, -0.2) is 0 Å². The number of unbranched alkanes of at least 4 members (excludes halogenated alkanes) is 1. The van der Waals surface area contributed by atoms with Crippen molar-refractivity contribution in [2.24, 2.45) is 5.73 Å². The van der Waals surface area contributed by atoms with Crippen molar-refractivity contribution in [2.45, 2.75) is 45.6 Å². The van der Waals surface area contributed by atoms with Crippen LogP contribution in [-0.2, 0) is 11.2 Å². The molecule has 1 rings (SSSR count). The molecule has 1 amide bonds. The Morgan fingerprint density at radius 3 is 2.56 bits per heavy atom. The summed E-state index contributed by atoms with van der Waals surface area (Å²) >= 11 is 0. The van der Waals surface area contributed by atoms with E-state index in [9.17, 15) is 4.79 Å². The van der Waals surface area contributed by atoms with Crippen molar-refractivity contribution in [1.29, 1.82) is 0 Å². The lowest BCUT2D eigenvalue weighted by atomic mass is 10.1. The van der Waals surface area contributed by atoms with E-state index in [1.54, 1.807) is 0 Å². The molecule has 3 heteroatoms. The van der Waals surface area contributed by atoms with Gasteiger partial charge in [0.2, 0.25) is 5.91 Å². The normalized spacial score (nSPS) is 12.2. The molecular formula is C15H24N2O. The van der Waals surface area contributed by atoms with Crippen LogP contribution >= 0.6 is 0 Å². The fourth-order valence-electron chi connectivity index (χ4n) is 1.78. The number of carbonyl (C=O) groups is 1. The van der Waals surface area contributed by atoms with E-state index in [0.29, 0.717) is 13.0 Å². The second-order valence-corrected chi connectivity index (χ2v) is 4.90. The largest absolute Gasteiger partial charge is 0.352 e. The highest BCUT2D eigenvalue weighted by Crippen LogP contribution is 2.08. The van der Waals surface area contributed by atoms with Gasteiger partial charge in [0, 0.05) is 19.0 Å². The van der Waals surface area contributed by atoms with E-state index in [0.717, 1.165) is 19.3 Å². The SMILES string of the molecule is Cc1ccc(CCCCC(=O)N[C@@H](C)CN)cc1. The van der Waals surface area contributed by atoms with Crippen molar-refractivity contribution in [3.8, 4) is 0 Å². The van der Waals surface area contributed by atoms with Gasteiger partial charge in [0.15, 0.2) is 0 Å². The number of hydrogen-bond donors (Lipinski definition) is 2. The molecule has 100 valence electrons. The highest BCUT2D eigenvalue weighted by molar-refractivity contribution is 5.76. The Morgan fingerprint density at radius 1 is 1.28 bits per heavy atom. The zero-order valence-corrected chi connectivity index (χ0v) is 11.4. The van der Waals surface area contributed by atoms with Gasteiger partial charge in [0.1, 0.15) is 0 Å². The minimum atomic E-state index is 0.0783. The number of amides is 1. The topological polar surface area (TPSA) is 55.1 Å². The summed E-state index contributed by atoms with van der Waals surface area (Å²) in [6.07, 6.45) is 3.61. The van der Waals surface area contributed by atoms with Gasteiger partial charge in [-0.15, -0.1) is 0 Å². The van der Waals surface area contributed by atoms with Crippen LogP contribution in [0, 0.1) is 6.92 Å². The number of hydrogen-bond acceptors (Lipinski definition) is 2. The highest BCUT2D eigenvalue weighted by Gasteiger charge is 2.04. The second-order valence-electron chi connectivity index (χ2n) is 4.90. The molecule has 0 saturated carbocycles. The van der Waals surface area contributed by atoms with E-state index < -0.39 is 0 Å². The standard InChI is InChI=1S/C15H24N2O/c1-12-7-9-14(10-8-12)5-3-4-6-15(18)17-13(2)11-16/h7-10,13H,3-6,11,16H2,1-2H3,(H,17,18)/t13-/m0/s1. The maximum atomic E-state index is 11.5. The first-order valence-corrected chi connectivity index (χ1v) is 6.67. The molecule has 0 fully saturated rings. The van der Waals surface area contributed by atoms with Crippen molar-refractivity contribution in [3.05, 3.63) is 35.4 Å². The van der Waals surface area contributed by atoms with Gasteiger partial charge in [0.05, 0.1) is 0 Å². The maximum Gasteiger partial charge on any atom is 0.220 e. The summed E-state index contributed by atoms with van der Waals surface area (Å²) in [6.45, 7) is 4.51. The summed E-state index contributed by atoms with van der Waals surface area (Å²) in [7, 11) is 0. The average Bonchev–Trinajstić information content (AvgIpc) is 2.36. The Morgan fingerprint density at radius 2 is 1.94 bits per heavy atom. The van der Waals surface area contributed by atoms with Gasteiger partial charge >= 0.3 is 0 Å².